The summed E-state index contributed by atoms with van der Waals surface area (Å²) in [4.78, 5) is 9.24. The van der Waals surface area contributed by atoms with Gasteiger partial charge in [-0.05, 0) is 12.1 Å². The highest BCUT2D eigenvalue weighted by atomic mass is 15.4. The lowest BCUT2D eigenvalue weighted by Gasteiger charge is -2.40. The van der Waals surface area contributed by atoms with Crippen molar-refractivity contribution in [1.82, 2.24) is 20.5 Å². The predicted molar refractivity (Wildman–Crippen MR) is 71.7 cm³/mol. The highest BCUT2D eigenvalue weighted by molar-refractivity contribution is 5.38. The van der Waals surface area contributed by atoms with E-state index in [1.165, 1.54) is 0 Å². The largest absolute Gasteiger partial charge is 0.354 e. The van der Waals surface area contributed by atoms with Crippen LogP contribution < -0.4 is 15.5 Å². The van der Waals surface area contributed by atoms with Crippen LogP contribution in [0.1, 0.15) is 0 Å². The summed E-state index contributed by atoms with van der Waals surface area (Å²) in [5.41, 5.74) is 0. The average molecular weight is 246 g/mol. The van der Waals surface area contributed by atoms with Crippen LogP contribution >= 0.6 is 0 Å². The fourth-order valence-electron chi connectivity index (χ4n) is 2.62. The van der Waals surface area contributed by atoms with E-state index in [1.807, 2.05) is 12.3 Å². The van der Waals surface area contributed by atoms with Crippen molar-refractivity contribution in [1.29, 1.82) is 0 Å². The molecule has 1 aromatic heterocycles. The molecule has 0 aromatic carbocycles. The fraction of sp³-hybridized carbons (Fsp3) is 0.615. The van der Waals surface area contributed by atoms with Crippen molar-refractivity contribution in [3.8, 4) is 0 Å². The first-order chi connectivity index (χ1) is 8.93. The third-order valence-electron chi connectivity index (χ3n) is 3.66. The fourth-order valence-corrected chi connectivity index (χ4v) is 2.62. The van der Waals surface area contributed by atoms with Crippen LogP contribution in [-0.2, 0) is 0 Å². The lowest BCUT2D eigenvalue weighted by molar-refractivity contribution is 0.136. The molecule has 5 nitrogen and oxygen atoms in total. The van der Waals surface area contributed by atoms with Gasteiger partial charge in [0.15, 0.2) is 0 Å². The smallest absolute Gasteiger partial charge is 0.128 e. The van der Waals surface area contributed by atoms with E-state index in [1.54, 1.807) is 0 Å². The van der Waals surface area contributed by atoms with E-state index in [4.69, 9.17) is 0 Å². The molecule has 2 aliphatic rings. The van der Waals surface area contributed by atoms with Gasteiger partial charge in [0.05, 0.1) is 6.17 Å². The monoisotopic (exact) mass is 246 g/mol. The summed E-state index contributed by atoms with van der Waals surface area (Å²) in [7, 11) is 0. The van der Waals surface area contributed by atoms with E-state index in [9.17, 15) is 0 Å². The molecule has 2 saturated heterocycles. The molecule has 0 spiro atoms. The molecule has 0 bridgehead atoms. The molecule has 97 valence electrons. The molecule has 5 heteroatoms. The summed E-state index contributed by atoms with van der Waals surface area (Å²) in [6.07, 6.45) is 2.24. The zero-order valence-corrected chi connectivity index (χ0v) is 10.6. The van der Waals surface area contributed by atoms with Crippen molar-refractivity contribution >= 4 is 5.82 Å². The van der Waals surface area contributed by atoms with Crippen molar-refractivity contribution in [2.24, 2.45) is 0 Å². The van der Waals surface area contributed by atoms with Crippen LogP contribution in [0.3, 0.4) is 0 Å². The maximum Gasteiger partial charge on any atom is 0.128 e. The summed E-state index contributed by atoms with van der Waals surface area (Å²) in [5.74, 6) is 1.09. The van der Waals surface area contributed by atoms with Gasteiger partial charge in [-0.3, -0.25) is 4.90 Å². The molecule has 0 amide bonds. The summed E-state index contributed by atoms with van der Waals surface area (Å²) < 4.78 is 0. The molecule has 0 saturated carbocycles. The molecular weight excluding hydrogens is 226 g/mol. The molecule has 2 aliphatic heterocycles. The van der Waals surface area contributed by atoms with Crippen LogP contribution in [0.5, 0.6) is 0 Å². The van der Waals surface area contributed by atoms with E-state index in [0.717, 1.165) is 51.6 Å². The number of nitrogens with zero attached hydrogens (tertiary/aromatic N) is 4. The van der Waals surface area contributed by atoms with Gasteiger partial charge in [-0.25, -0.2) is 10.3 Å². The third-order valence-corrected chi connectivity index (χ3v) is 3.66. The number of aromatic nitrogens is 1. The zero-order chi connectivity index (χ0) is 12.2. The molecule has 1 atom stereocenters. The Labute approximate surface area is 108 Å². The molecule has 1 radical (unpaired) electrons. The second-order valence-corrected chi connectivity index (χ2v) is 4.80. The lowest BCUT2D eigenvalue weighted by atomic mass is 10.2. The minimum absolute atomic E-state index is 0.379. The number of rotatable bonds is 2. The van der Waals surface area contributed by atoms with Gasteiger partial charge < -0.3 is 10.2 Å². The van der Waals surface area contributed by atoms with E-state index >= 15 is 0 Å². The van der Waals surface area contributed by atoms with Gasteiger partial charge in [0.2, 0.25) is 0 Å². The van der Waals surface area contributed by atoms with Gasteiger partial charge in [-0.15, -0.1) is 0 Å². The normalized spacial score (nSPS) is 26.2. The standard InChI is InChI=1S/C13H20N5/c1-2-4-15-12(3-1)17-7-9-18(10-8-17)13-11-14-5-6-16-13/h1-4,13-14H,5-11H2. The van der Waals surface area contributed by atoms with Crippen LogP contribution in [0.25, 0.3) is 0 Å². The van der Waals surface area contributed by atoms with Gasteiger partial charge in [0, 0.05) is 52.0 Å². The SMILES string of the molecule is c1ccc(N2CCN(C3CNCC[N]3)CC2)nc1. The Morgan fingerprint density at radius 3 is 2.72 bits per heavy atom. The summed E-state index contributed by atoms with van der Waals surface area (Å²) in [6, 6.07) is 6.10. The quantitative estimate of drug-likeness (QED) is 0.781. The van der Waals surface area contributed by atoms with Crippen LogP contribution in [0.15, 0.2) is 24.4 Å². The Morgan fingerprint density at radius 1 is 1.17 bits per heavy atom. The molecule has 3 heterocycles. The molecule has 1 aromatic rings. The number of anilines is 1. The Kier molecular flexibility index (Phi) is 3.73. The minimum atomic E-state index is 0.379. The van der Waals surface area contributed by atoms with Crippen LogP contribution in [0.2, 0.25) is 0 Å². The van der Waals surface area contributed by atoms with Gasteiger partial charge in [-0.1, -0.05) is 6.07 Å². The number of nitrogens with one attached hydrogen (secondary N) is 1. The van der Waals surface area contributed by atoms with Gasteiger partial charge >= 0.3 is 0 Å². The van der Waals surface area contributed by atoms with Gasteiger partial charge in [0.1, 0.15) is 5.82 Å². The summed E-state index contributed by atoms with van der Waals surface area (Å²) in [6.45, 7) is 7.23. The number of pyridine rings is 1. The third kappa shape index (κ3) is 2.63. The van der Waals surface area contributed by atoms with Crippen molar-refractivity contribution in [3.63, 3.8) is 0 Å². The van der Waals surface area contributed by atoms with Gasteiger partial charge in [0.25, 0.3) is 0 Å². The van der Waals surface area contributed by atoms with Gasteiger partial charge in [-0.2, -0.15) is 0 Å². The Bertz CT molecular complexity index is 355. The highest BCUT2D eigenvalue weighted by Crippen LogP contribution is 2.13. The molecule has 18 heavy (non-hydrogen) atoms. The zero-order valence-electron chi connectivity index (χ0n) is 10.6. The van der Waals surface area contributed by atoms with E-state index in [2.05, 4.69) is 37.6 Å². The molecule has 0 aliphatic carbocycles. The molecule has 1 unspecified atom stereocenters. The van der Waals surface area contributed by atoms with Crippen LogP contribution in [0, 0.1) is 0 Å². The molecule has 2 fully saturated rings. The number of hydrogen-bond acceptors (Lipinski definition) is 4. The molecular formula is C13H20N5. The van der Waals surface area contributed by atoms with Crippen molar-refractivity contribution in [3.05, 3.63) is 24.4 Å². The molecule has 1 N–H and O–H groups in total. The second-order valence-electron chi connectivity index (χ2n) is 4.80. The first-order valence-electron chi connectivity index (χ1n) is 6.71. The van der Waals surface area contributed by atoms with E-state index in [0.29, 0.717) is 6.17 Å². The first-order valence-corrected chi connectivity index (χ1v) is 6.71. The molecule has 3 rings (SSSR count). The topological polar surface area (TPSA) is 45.5 Å². The maximum atomic E-state index is 4.68. The van der Waals surface area contributed by atoms with Crippen molar-refractivity contribution in [2.75, 3.05) is 50.7 Å². The maximum absolute atomic E-state index is 4.68. The minimum Gasteiger partial charge on any atom is -0.354 e. The second kappa shape index (κ2) is 5.65. The first kappa shape index (κ1) is 11.9. The summed E-state index contributed by atoms with van der Waals surface area (Å²) >= 11 is 0. The van der Waals surface area contributed by atoms with Crippen molar-refractivity contribution < 1.29 is 0 Å². The highest BCUT2D eigenvalue weighted by Gasteiger charge is 2.25. The summed E-state index contributed by atoms with van der Waals surface area (Å²) in [5, 5.41) is 8.09. The Morgan fingerprint density at radius 2 is 2.06 bits per heavy atom. The Hall–Kier alpha value is -1.17. The number of piperazine rings is 2. The number of hydrogen-bond donors (Lipinski definition) is 1. The van der Waals surface area contributed by atoms with E-state index < -0.39 is 0 Å². The Balaban J connectivity index is 1.54. The average Bonchev–Trinajstić information content (AvgIpc) is 2.49. The van der Waals surface area contributed by atoms with Crippen LogP contribution in [-0.4, -0.2) is 61.9 Å². The van der Waals surface area contributed by atoms with Crippen molar-refractivity contribution in [2.45, 2.75) is 6.17 Å². The van der Waals surface area contributed by atoms with Crippen LogP contribution in [0.4, 0.5) is 5.82 Å². The lowest BCUT2D eigenvalue weighted by Crippen LogP contribution is -2.59. The predicted octanol–water partition coefficient (Wildman–Crippen LogP) is -0.263. The van der Waals surface area contributed by atoms with E-state index in [-0.39, 0.29) is 0 Å².